The van der Waals surface area contributed by atoms with Crippen molar-refractivity contribution in [3.63, 3.8) is 0 Å². The Morgan fingerprint density at radius 1 is 1.30 bits per heavy atom. The van der Waals surface area contributed by atoms with Gasteiger partial charge in [-0.3, -0.25) is 9.59 Å². The maximum absolute atomic E-state index is 13.6. The lowest BCUT2D eigenvalue weighted by atomic mass is 10.1. The first-order valence-corrected chi connectivity index (χ1v) is 8.70. The first kappa shape index (κ1) is 23.1. The molecule has 1 fully saturated rings. The Hall–Kier alpha value is -1.93. The molecule has 9 heteroatoms. The fourth-order valence-electron chi connectivity index (χ4n) is 2.67. The lowest BCUT2D eigenvalue weighted by Crippen LogP contribution is -2.49. The third-order valence-corrected chi connectivity index (χ3v) is 4.42. The van der Waals surface area contributed by atoms with Crippen LogP contribution in [0.4, 0.5) is 8.78 Å². The van der Waals surface area contributed by atoms with Crippen LogP contribution in [0.3, 0.4) is 0 Å². The lowest BCUT2D eigenvalue weighted by molar-refractivity contribution is -0.134. The molecule has 152 valence electrons. The van der Waals surface area contributed by atoms with Crippen LogP contribution in [0.5, 0.6) is 5.75 Å². The molecule has 0 bridgehead atoms. The van der Waals surface area contributed by atoms with Crippen LogP contribution in [-0.4, -0.2) is 48.5 Å². The normalized spacial score (nSPS) is 15.9. The van der Waals surface area contributed by atoms with Crippen LogP contribution in [0, 0.1) is 17.6 Å². The van der Waals surface area contributed by atoms with Gasteiger partial charge in [0.25, 0.3) is 0 Å². The molecule has 0 spiro atoms. The van der Waals surface area contributed by atoms with Crippen molar-refractivity contribution in [2.24, 2.45) is 11.7 Å². The molecule has 0 saturated carbocycles. The Kier molecular flexibility index (Phi) is 8.92. The molecule has 1 heterocycles. The zero-order valence-corrected chi connectivity index (χ0v) is 16.2. The van der Waals surface area contributed by atoms with E-state index in [1.165, 1.54) is 6.07 Å². The van der Waals surface area contributed by atoms with Crippen LogP contribution in [0.2, 0.25) is 0 Å². The predicted molar refractivity (Wildman–Crippen MR) is 99.7 cm³/mol. The summed E-state index contributed by atoms with van der Waals surface area (Å²) in [5.74, 6) is -1.95. The van der Waals surface area contributed by atoms with Crippen molar-refractivity contribution in [2.45, 2.75) is 38.8 Å². The van der Waals surface area contributed by atoms with E-state index in [9.17, 15) is 18.4 Å². The van der Waals surface area contributed by atoms with E-state index in [1.807, 2.05) is 13.8 Å². The summed E-state index contributed by atoms with van der Waals surface area (Å²) in [6, 6.07) is 2.53. The molecule has 1 aliphatic heterocycles. The zero-order chi connectivity index (χ0) is 19.3. The van der Waals surface area contributed by atoms with Gasteiger partial charge in [0.1, 0.15) is 11.9 Å². The summed E-state index contributed by atoms with van der Waals surface area (Å²) in [6.45, 7) is 4.45. The molecule has 1 aliphatic rings. The van der Waals surface area contributed by atoms with Crippen LogP contribution >= 0.6 is 12.4 Å². The number of nitrogens with two attached hydrogens (primary N) is 1. The van der Waals surface area contributed by atoms with Gasteiger partial charge in [0.15, 0.2) is 11.6 Å². The molecule has 6 nitrogen and oxygen atoms in total. The molecular weight excluding hydrogens is 380 g/mol. The summed E-state index contributed by atoms with van der Waals surface area (Å²) < 4.78 is 32.1. The minimum atomic E-state index is -0.743. The zero-order valence-electron chi connectivity index (χ0n) is 15.4. The number of nitrogens with zero attached hydrogens (tertiary/aromatic N) is 1. The van der Waals surface area contributed by atoms with Gasteiger partial charge in [-0.1, -0.05) is 13.8 Å². The van der Waals surface area contributed by atoms with E-state index in [-0.39, 0.29) is 48.5 Å². The van der Waals surface area contributed by atoms with Gasteiger partial charge >= 0.3 is 0 Å². The van der Waals surface area contributed by atoms with Gasteiger partial charge < -0.3 is 20.7 Å². The molecule has 1 aromatic rings. The van der Waals surface area contributed by atoms with Crippen molar-refractivity contribution in [1.29, 1.82) is 0 Å². The van der Waals surface area contributed by atoms with Crippen molar-refractivity contribution in [3.8, 4) is 5.75 Å². The van der Waals surface area contributed by atoms with Gasteiger partial charge in [-0.2, -0.15) is 0 Å². The number of piperidine rings is 1. The number of rotatable bonds is 6. The van der Waals surface area contributed by atoms with Gasteiger partial charge in [-0.25, -0.2) is 8.78 Å². The lowest BCUT2D eigenvalue weighted by Gasteiger charge is -2.32. The van der Waals surface area contributed by atoms with E-state index in [0.717, 1.165) is 12.1 Å². The van der Waals surface area contributed by atoms with Gasteiger partial charge in [-0.15, -0.1) is 12.4 Å². The second kappa shape index (κ2) is 10.4. The summed E-state index contributed by atoms with van der Waals surface area (Å²) in [5, 5.41) is 2.55. The Morgan fingerprint density at radius 2 is 1.93 bits per heavy atom. The highest BCUT2D eigenvalue weighted by Crippen LogP contribution is 2.22. The number of hydrogen-bond acceptors (Lipinski definition) is 4. The third-order valence-electron chi connectivity index (χ3n) is 4.42. The SMILES string of the molecule is CC(C)[C@H](N)C(=O)NCC(=O)N1CCC(Oc2ccc(F)cc2F)CC1.Cl. The van der Waals surface area contributed by atoms with Crippen LogP contribution in [0.25, 0.3) is 0 Å². The van der Waals surface area contributed by atoms with Crippen molar-refractivity contribution in [1.82, 2.24) is 10.2 Å². The second-order valence-corrected chi connectivity index (χ2v) is 6.76. The predicted octanol–water partition coefficient (Wildman–Crippen LogP) is 1.86. The number of benzene rings is 1. The largest absolute Gasteiger partial charge is 0.487 e. The van der Waals surface area contributed by atoms with Crippen molar-refractivity contribution >= 4 is 24.2 Å². The Balaban J connectivity index is 0.00000364. The molecule has 0 aromatic heterocycles. The van der Waals surface area contributed by atoms with Gasteiger partial charge in [-0.05, 0) is 18.1 Å². The molecule has 0 radical (unpaired) electrons. The molecule has 1 saturated heterocycles. The first-order valence-electron chi connectivity index (χ1n) is 8.70. The van der Waals surface area contributed by atoms with E-state index >= 15 is 0 Å². The maximum atomic E-state index is 13.6. The minimum Gasteiger partial charge on any atom is -0.487 e. The Bertz CT molecular complexity index is 653. The fraction of sp³-hybridized carbons (Fsp3) is 0.556. The van der Waals surface area contributed by atoms with Crippen LogP contribution < -0.4 is 15.8 Å². The standard InChI is InChI=1S/C18H25F2N3O3.ClH/c1-11(2)17(21)18(25)22-10-16(24)23-7-5-13(6-8-23)26-15-4-3-12(19)9-14(15)20;/h3-4,9,11,13,17H,5-8,10,21H2,1-2H3,(H,22,25);1H/t17-;/m0./s1. The summed E-state index contributed by atoms with van der Waals surface area (Å²) in [7, 11) is 0. The fourth-order valence-corrected chi connectivity index (χ4v) is 2.67. The second-order valence-electron chi connectivity index (χ2n) is 6.76. The molecule has 2 amide bonds. The van der Waals surface area contributed by atoms with Gasteiger partial charge in [0, 0.05) is 32.0 Å². The summed E-state index contributed by atoms with van der Waals surface area (Å²) in [5.41, 5.74) is 5.73. The summed E-state index contributed by atoms with van der Waals surface area (Å²) >= 11 is 0. The number of likely N-dealkylation sites (tertiary alicyclic amines) is 1. The molecule has 1 aromatic carbocycles. The van der Waals surface area contributed by atoms with Crippen molar-refractivity contribution in [3.05, 3.63) is 29.8 Å². The molecule has 0 unspecified atom stereocenters. The number of nitrogens with one attached hydrogen (secondary N) is 1. The van der Waals surface area contributed by atoms with Crippen LogP contribution in [0.1, 0.15) is 26.7 Å². The van der Waals surface area contributed by atoms with Crippen molar-refractivity contribution < 1.29 is 23.1 Å². The highest BCUT2D eigenvalue weighted by atomic mass is 35.5. The molecule has 3 N–H and O–H groups in total. The number of halogens is 3. The smallest absolute Gasteiger partial charge is 0.241 e. The molecule has 0 aliphatic carbocycles. The van der Waals surface area contributed by atoms with E-state index < -0.39 is 17.7 Å². The quantitative estimate of drug-likeness (QED) is 0.756. The third kappa shape index (κ3) is 6.62. The molecule has 2 rings (SSSR count). The minimum absolute atomic E-state index is 0. The Morgan fingerprint density at radius 3 is 2.48 bits per heavy atom. The van der Waals surface area contributed by atoms with Crippen LogP contribution in [0.15, 0.2) is 18.2 Å². The van der Waals surface area contributed by atoms with Gasteiger partial charge in [0.2, 0.25) is 11.8 Å². The number of carbonyl (C=O) groups excluding carboxylic acids is 2. The average Bonchev–Trinajstić information content (AvgIpc) is 2.61. The average molecular weight is 406 g/mol. The topological polar surface area (TPSA) is 84.7 Å². The Labute approximate surface area is 163 Å². The molecule has 1 atom stereocenters. The van der Waals surface area contributed by atoms with Crippen molar-refractivity contribution in [2.75, 3.05) is 19.6 Å². The monoisotopic (exact) mass is 405 g/mol. The van der Waals surface area contributed by atoms with E-state index in [2.05, 4.69) is 5.32 Å². The van der Waals surface area contributed by atoms with Crippen LogP contribution in [-0.2, 0) is 9.59 Å². The highest BCUT2D eigenvalue weighted by Gasteiger charge is 2.25. The van der Waals surface area contributed by atoms with E-state index in [4.69, 9.17) is 10.5 Å². The molecular formula is C18H26ClF2N3O3. The maximum Gasteiger partial charge on any atom is 0.241 e. The van der Waals surface area contributed by atoms with E-state index in [1.54, 1.807) is 4.90 Å². The number of amides is 2. The summed E-state index contributed by atoms with van der Waals surface area (Å²) in [4.78, 5) is 25.6. The number of hydrogen-bond donors (Lipinski definition) is 2. The number of ether oxygens (including phenoxy) is 1. The van der Waals surface area contributed by atoms with Gasteiger partial charge in [0.05, 0.1) is 12.6 Å². The number of carbonyl (C=O) groups is 2. The molecule has 27 heavy (non-hydrogen) atoms. The first-order chi connectivity index (χ1) is 12.3. The highest BCUT2D eigenvalue weighted by molar-refractivity contribution is 5.87. The van der Waals surface area contributed by atoms with E-state index in [0.29, 0.717) is 25.9 Å². The summed E-state index contributed by atoms with van der Waals surface area (Å²) in [6.07, 6.45) is 0.812.